The van der Waals surface area contributed by atoms with Crippen LogP contribution in [0.15, 0.2) is 0 Å². The molecule has 5 nitrogen and oxygen atoms in total. The van der Waals surface area contributed by atoms with Crippen molar-refractivity contribution in [2.75, 3.05) is 19.8 Å². The van der Waals surface area contributed by atoms with Gasteiger partial charge in [-0.25, -0.2) is 0 Å². The van der Waals surface area contributed by atoms with Gasteiger partial charge in [0.05, 0.1) is 11.3 Å². The molecule has 0 amide bonds. The molecule has 2 saturated heterocycles. The highest BCUT2D eigenvalue weighted by Gasteiger charge is 2.38. The maximum absolute atomic E-state index is 6.08. The minimum absolute atomic E-state index is 0.0641. The van der Waals surface area contributed by atoms with E-state index in [0.717, 1.165) is 57.7 Å². The molecule has 1 spiro atoms. The number of nitrogens with one attached hydrogen (secondary N) is 2. The van der Waals surface area contributed by atoms with Crippen LogP contribution < -0.4 is 5.32 Å². The predicted octanol–water partition coefficient (Wildman–Crippen LogP) is 1.84. The normalized spacial score (nSPS) is 26.0. The van der Waals surface area contributed by atoms with Gasteiger partial charge < -0.3 is 14.8 Å². The number of nitrogens with zero attached hydrogens (tertiary/aromatic N) is 1. The molecule has 3 rings (SSSR count). The Balaban J connectivity index is 1.58. The molecule has 0 unspecified atom stereocenters. The van der Waals surface area contributed by atoms with Crippen molar-refractivity contribution >= 4 is 0 Å². The fourth-order valence-corrected chi connectivity index (χ4v) is 3.37. The fourth-order valence-electron chi connectivity index (χ4n) is 3.37. The molecular formula is C15H25N3O2. The van der Waals surface area contributed by atoms with E-state index in [1.54, 1.807) is 0 Å². The molecule has 1 aromatic rings. The lowest BCUT2D eigenvalue weighted by molar-refractivity contribution is -0.140. The van der Waals surface area contributed by atoms with E-state index < -0.39 is 0 Å². The van der Waals surface area contributed by atoms with Crippen molar-refractivity contribution < 1.29 is 9.47 Å². The van der Waals surface area contributed by atoms with E-state index in [0.29, 0.717) is 6.04 Å². The molecule has 1 atom stereocenters. The third-order valence-electron chi connectivity index (χ3n) is 4.75. The van der Waals surface area contributed by atoms with E-state index >= 15 is 0 Å². The van der Waals surface area contributed by atoms with Gasteiger partial charge in [0.2, 0.25) is 0 Å². The minimum Gasteiger partial charge on any atom is -0.381 e. The number of hydrogen-bond acceptors (Lipinski definition) is 4. The van der Waals surface area contributed by atoms with Gasteiger partial charge in [-0.1, -0.05) is 0 Å². The number of aromatic amines is 1. The molecule has 0 aromatic carbocycles. The summed E-state index contributed by atoms with van der Waals surface area (Å²) in [6, 6.07) is 0.538. The summed E-state index contributed by atoms with van der Waals surface area (Å²) in [4.78, 5) is 0. The summed E-state index contributed by atoms with van der Waals surface area (Å²) >= 11 is 0. The Morgan fingerprint density at radius 3 is 2.80 bits per heavy atom. The van der Waals surface area contributed by atoms with Gasteiger partial charge in [0.15, 0.2) is 0 Å². The summed E-state index contributed by atoms with van der Waals surface area (Å²) in [7, 11) is 0. The lowest BCUT2D eigenvalue weighted by atomic mass is 9.84. The molecule has 2 aliphatic rings. The zero-order valence-electron chi connectivity index (χ0n) is 12.5. The second-order valence-electron chi connectivity index (χ2n) is 6.13. The molecule has 3 heterocycles. The third-order valence-corrected chi connectivity index (χ3v) is 4.75. The number of ether oxygens (including phenoxy) is 2. The van der Waals surface area contributed by atoms with Crippen LogP contribution in [0.25, 0.3) is 0 Å². The largest absolute Gasteiger partial charge is 0.381 e. The van der Waals surface area contributed by atoms with Gasteiger partial charge in [0.25, 0.3) is 0 Å². The maximum atomic E-state index is 6.08. The van der Waals surface area contributed by atoms with E-state index in [9.17, 15) is 0 Å². The molecule has 2 N–H and O–H groups in total. The molecule has 112 valence electrons. The lowest BCUT2D eigenvalue weighted by Gasteiger charge is -2.43. The minimum atomic E-state index is 0.0641. The summed E-state index contributed by atoms with van der Waals surface area (Å²) in [5, 5.41) is 11.0. The highest BCUT2D eigenvalue weighted by molar-refractivity contribution is 5.22. The van der Waals surface area contributed by atoms with Crippen LogP contribution in [0.5, 0.6) is 0 Å². The number of aromatic nitrogens is 2. The monoisotopic (exact) mass is 279 g/mol. The van der Waals surface area contributed by atoms with Crippen LogP contribution in [0.4, 0.5) is 0 Å². The van der Waals surface area contributed by atoms with Crippen LogP contribution in [0.3, 0.4) is 0 Å². The van der Waals surface area contributed by atoms with E-state index in [-0.39, 0.29) is 5.60 Å². The van der Waals surface area contributed by atoms with Crippen molar-refractivity contribution in [2.24, 2.45) is 0 Å². The van der Waals surface area contributed by atoms with Gasteiger partial charge in [-0.2, -0.15) is 5.10 Å². The SMILES string of the molecule is Cc1n[nH]c(C)c1CN[C@H]1CCOC2(CCOCC2)C1. The van der Waals surface area contributed by atoms with Crippen LogP contribution in [-0.4, -0.2) is 41.7 Å². The van der Waals surface area contributed by atoms with Crippen molar-refractivity contribution in [2.45, 2.75) is 57.7 Å². The fraction of sp³-hybridized carbons (Fsp3) is 0.800. The molecule has 1 aromatic heterocycles. The topological polar surface area (TPSA) is 59.2 Å². The average molecular weight is 279 g/mol. The summed E-state index contributed by atoms with van der Waals surface area (Å²) in [6.45, 7) is 7.58. The Bertz CT molecular complexity index is 427. The number of aryl methyl sites for hydroxylation is 2. The average Bonchev–Trinajstić information content (AvgIpc) is 2.77. The quantitative estimate of drug-likeness (QED) is 0.886. The summed E-state index contributed by atoms with van der Waals surface area (Å²) < 4.78 is 11.6. The first-order chi connectivity index (χ1) is 9.69. The predicted molar refractivity (Wildman–Crippen MR) is 76.7 cm³/mol. The van der Waals surface area contributed by atoms with Crippen LogP contribution in [0.2, 0.25) is 0 Å². The molecule has 20 heavy (non-hydrogen) atoms. The first kappa shape index (κ1) is 14.0. The van der Waals surface area contributed by atoms with Crippen molar-refractivity contribution in [3.8, 4) is 0 Å². The van der Waals surface area contributed by atoms with E-state index in [1.807, 2.05) is 0 Å². The van der Waals surface area contributed by atoms with Gasteiger partial charge in [0.1, 0.15) is 0 Å². The van der Waals surface area contributed by atoms with E-state index in [4.69, 9.17) is 9.47 Å². The Labute approximate surface area is 120 Å². The second kappa shape index (κ2) is 5.84. The van der Waals surface area contributed by atoms with Gasteiger partial charge in [-0.3, -0.25) is 5.10 Å². The van der Waals surface area contributed by atoms with Crippen LogP contribution in [0.1, 0.15) is 42.6 Å². The number of rotatable bonds is 3. The highest BCUT2D eigenvalue weighted by Crippen LogP contribution is 2.34. The Hall–Kier alpha value is -0.910. The molecule has 2 aliphatic heterocycles. The van der Waals surface area contributed by atoms with Gasteiger partial charge in [-0.05, 0) is 39.5 Å². The summed E-state index contributed by atoms with van der Waals surface area (Å²) in [5.74, 6) is 0. The van der Waals surface area contributed by atoms with Crippen molar-refractivity contribution in [1.82, 2.24) is 15.5 Å². The Morgan fingerprint density at radius 2 is 2.10 bits per heavy atom. The van der Waals surface area contributed by atoms with Crippen molar-refractivity contribution in [3.05, 3.63) is 17.0 Å². The van der Waals surface area contributed by atoms with Gasteiger partial charge >= 0.3 is 0 Å². The Morgan fingerprint density at radius 1 is 1.30 bits per heavy atom. The van der Waals surface area contributed by atoms with E-state index in [2.05, 4.69) is 29.4 Å². The number of hydrogen-bond donors (Lipinski definition) is 2. The molecule has 0 saturated carbocycles. The first-order valence-corrected chi connectivity index (χ1v) is 7.64. The molecule has 0 bridgehead atoms. The van der Waals surface area contributed by atoms with Crippen LogP contribution in [-0.2, 0) is 16.0 Å². The van der Waals surface area contributed by atoms with Crippen molar-refractivity contribution in [3.63, 3.8) is 0 Å². The lowest BCUT2D eigenvalue weighted by Crippen LogP contribution is -2.49. The molecule has 0 radical (unpaired) electrons. The standard InChI is InChI=1S/C15H25N3O2/c1-11-14(12(2)18-17-11)10-16-13-3-6-20-15(9-13)4-7-19-8-5-15/h13,16H,3-10H2,1-2H3,(H,17,18)/t13-/m0/s1. The highest BCUT2D eigenvalue weighted by atomic mass is 16.5. The van der Waals surface area contributed by atoms with Crippen LogP contribution >= 0.6 is 0 Å². The Kier molecular flexibility index (Phi) is 4.10. The van der Waals surface area contributed by atoms with Crippen molar-refractivity contribution in [1.29, 1.82) is 0 Å². The van der Waals surface area contributed by atoms with E-state index in [1.165, 1.54) is 11.3 Å². The second-order valence-corrected chi connectivity index (χ2v) is 6.13. The molecule has 5 heteroatoms. The zero-order valence-corrected chi connectivity index (χ0v) is 12.5. The first-order valence-electron chi connectivity index (χ1n) is 7.64. The third kappa shape index (κ3) is 2.90. The van der Waals surface area contributed by atoms with Gasteiger partial charge in [0, 0.05) is 43.7 Å². The smallest absolute Gasteiger partial charge is 0.0741 e. The van der Waals surface area contributed by atoms with Gasteiger partial charge in [-0.15, -0.1) is 0 Å². The zero-order chi connectivity index (χ0) is 14.0. The number of H-pyrrole nitrogens is 1. The molecule has 2 fully saturated rings. The molecule has 0 aliphatic carbocycles. The maximum Gasteiger partial charge on any atom is 0.0741 e. The summed E-state index contributed by atoms with van der Waals surface area (Å²) in [5.41, 5.74) is 3.64. The summed E-state index contributed by atoms with van der Waals surface area (Å²) in [6.07, 6.45) is 4.27. The van der Waals surface area contributed by atoms with Crippen LogP contribution in [0, 0.1) is 13.8 Å². The molecular weight excluding hydrogens is 254 g/mol.